The van der Waals surface area contributed by atoms with Crippen molar-refractivity contribution in [3.05, 3.63) is 77.1 Å². The molecule has 8 N–H and O–H groups in total. The molecule has 0 amide bonds. The first-order valence-corrected chi connectivity index (χ1v) is 18.0. The maximum Gasteiger partial charge on any atom is 0.240 e. The van der Waals surface area contributed by atoms with E-state index in [1.807, 2.05) is 6.92 Å². The van der Waals surface area contributed by atoms with E-state index in [-0.39, 0.29) is 41.0 Å². The molecule has 3 aromatic rings. The highest BCUT2D eigenvalue weighted by Crippen LogP contribution is 2.43. The summed E-state index contributed by atoms with van der Waals surface area (Å²) in [4.78, 5) is 18.0. The van der Waals surface area contributed by atoms with Gasteiger partial charge in [0, 0.05) is 49.0 Å². The van der Waals surface area contributed by atoms with Gasteiger partial charge in [-0.2, -0.15) is 0 Å². The lowest BCUT2D eigenvalue weighted by Gasteiger charge is -2.34. The number of piperidine rings is 1. The third kappa shape index (κ3) is 8.04. The number of carbonyl (C=O) groups excluding carboxylic acids is 1. The number of H-pyrrole nitrogens is 1. The van der Waals surface area contributed by atoms with E-state index in [1.54, 1.807) is 43.3 Å². The molecule has 2 aliphatic rings. The number of aromatic nitrogens is 1. The molecule has 0 saturated carbocycles. The zero-order valence-electron chi connectivity index (χ0n) is 27.9. The maximum atomic E-state index is 14.8. The van der Waals surface area contributed by atoms with Gasteiger partial charge in [-0.25, -0.2) is 27.8 Å². The molecule has 5 rings (SSSR count). The summed E-state index contributed by atoms with van der Waals surface area (Å²) in [5.41, 5.74) is 5.66. The van der Waals surface area contributed by atoms with E-state index in [9.17, 15) is 27.1 Å². The van der Waals surface area contributed by atoms with Crippen molar-refractivity contribution in [3.63, 3.8) is 0 Å². The molecule has 1 fully saturated rings. The first-order valence-electron chi connectivity index (χ1n) is 16.5. The lowest BCUT2D eigenvalue weighted by molar-refractivity contribution is -0.245. The average Bonchev–Trinajstić information content (AvgIpc) is 3.39. The Hall–Kier alpha value is -3.46. The number of halogens is 2. The number of hydrogen-bond acceptors (Lipinski definition) is 7. The minimum atomic E-state index is -3.77. The molecule has 1 aromatic heterocycles. The Balaban J connectivity index is 1.12. The number of Topliss-reactive ketones (excluding diaryl/α,β-unsaturated/α-hetero) is 1. The van der Waals surface area contributed by atoms with Gasteiger partial charge in [0.1, 0.15) is 11.6 Å². The van der Waals surface area contributed by atoms with E-state index in [0.717, 1.165) is 25.9 Å². The summed E-state index contributed by atoms with van der Waals surface area (Å²) in [6.07, 6.45) is 4.41. The van der Waals surface area contributed by atoms with Crippen LogP contribution in [-0.2, 0) is 10.0 Å². The summed E-state index contributed by atoms with van der Waals surface area (Å²) in [7, 11) is -3.77. The summed E-state index contributed by atoms with van der Waals surface area (Å²) in [6, 6.07) is 10.3. The zero-order chi connectivity index (χ0) is 34.8. The van der Waals surface area contributed by atoms with Gasteiger partial charge in [-0.3, -0.25) is 4.79 Å². The number of fused-ring (bicyclic) bond motifs is 1. The van der Waals surface area contributed by atoms with Crippen LogP contribution in [0.2, 0.25) is 0 Å². The molecule has 2 unspecified atom stereocenters. The van der Waals surface area contributed by atoms with Crippen LogP contribution in [0.25, 0.3) is 22.2 Å². The molecule has 1 saturated heterocycles. The van der Waals surface area contributed by atoms with Crippen molar-refractivity contribution in [1.82, 2.24) is 19.6 Å². The van der Waals surface area contributed by atoms with Gasteiger partial charge in [-0.05, 0) is 87.0 Å². The number of likely N-dealkylation sites (tertiary alicyclic amines) is 1. The molecule has 48 heavy (non-hydrogen) atoms. The molecule has 13 heteroatoms. The standard InChI is InChI=1S/C35H46F2N6O4S/c1-4-31(44)34-32(27-18-25(36)7-10-30(27)41-34)29(38)21-43(39)20-23-11-14-42(15-12-23)16-13-40-48(46,47)26-8-5-24(6-9-26)33-28(37)17-22(2)19-35(33,3)45/h5-10,18,21-23,40-41,45H,4,11-17,19-20,38-39H2,1-3H3/p+1. The molecular weight excluding hydrogens is 638 g/mol. The average molecular weight is 686 g/mol. The number of hydrogen-bond donors (Lipinski definition) is 5. The van der Waals surface area contributed by atoms with Crippen molar-refractivity contribution >= 4 is 38.0 Å². The molecule has 0 radical (unpaired) electrons. The Labute approximate surface area is 280 Å². The first-order chi connectivity index (χ1) is 22.7. The number of benzene rings is 2. The molecule has 10 nitrogen and oxygen atoms in total. The van der Waals surface area contributed by atoms with E-state index in [4.69, 9.17) is 5.84 Å². The number of nitrogens with one attached hydrogen (secondary N) is 2. The van der Waals surface area contributed by atoms with Crippen LogP contribution < -0.4 is 16.3 Å². The molecule has 0 bridgehead atoms. The van der Waals surface area contributed by atoms with Crippen LogP contribution >= 0.6 is 0 Å². The van der Waals surface area contributed by atoms with Crippen molar-refractivity contribution in [3.8, 4) is 0 Å². The van der Waals surface area contributed by atoms with Crippen molar-refractivity contribution in [2.24, 2.45) is 17.7 Å². The molecule has 2 aromatic carbocycles. The number of carbonyl (C=O) groups is 1. The normalized spacial score (nSPS) is 21.7. The van der Waals surface area contributed by atoms with Gasteiger partial charge in [-0.1, -0.05) is 26.0 Å². The topological polar surface area (TPSA) is 159 Å². The van der Waals surface area contributed by atoms with Crippen LogP contribution in [0.3, 0.4) is 0 Å². The Kier molecular flexibility index (Phi) is 10.9. The minimum Gasteiger partial charge on any atom is -0.385 e. The van der Waals surface area contributed by atoms with E-state index < -0.39 is 21.4 Å². The number of quaternary nitrogens is 1. The number of nitrogens with zero attached hydrogens (tertiary/aromatic N) is 2. The number of aliphatic hydroxyl groups is 1. The van der Waals surface area contributed by atoms with E-state index in [0.29, 0.717) is 65.3 Å². The molecule has 260 valence electrons. The van der Waals surface area contributed by atoms with Crippen LogP contribution in [0.4, 0.5) is 8.78 Å². The molecule has 1 aliphatic heterocycles. The summed E-state index contributed by atoms with van der Waals surface area (Å²) in [6.45, 7) is 8.18. The van der Waals surface area contributed by atoms with Crippen LogP contribution in [0.1, 0.15) is 74.5 Å². The van der Waals surface area contributed by atoms with Crippen molar-refractivity contribution in [1.29, 1.82) is 0 Å². The largest absolute Gasteiger partial charge is 0.385 e. The number of sulfonamides is 1. The van der Waals surface area contributed by atoms with Crippen LogP contribution in [-0.4, -0.2) is 72.5 Å². The highest BCUT2D eigenvalue weighted by molar-refractivity contribution is 7.89. The summed E-state index contributed by atoms with van der Waals surface area (Å²) >= 11 is 0. The van der Waals surface area contributed by atoms with Crippen LogP contribution in [0, 0.1) is 17.7 Å². The minimum absolute atomic E-state index is 0.0244. The molecular formula is C35H47F2N6O4S+. The van der Waals surface area contributed by atoms with E-state index in [1.165, 1.54) is 24.3 Å². The second-order valence-electron chi connectivity index (χ2n) is 13.5. The number of nitrogens with two attached hydrogens (primary N) is 1. The Morgan fingerprint density at radius 3 is 2.54 bits per heavy atom. The lowest BCUT2D eigenvalue weighted by atomic mass is 9.76. The van der Waals surface area contributed by atoms with E-state index in [2.05, 4.69) is 20.3 Å². The number of aromatic amines is 1. The third-order valence-electron chi connectivity index (χ3n) is 9.44. The number of rotatable bonds is 12. The number of allylic oxidation sites excluding steroid dienone is 1. The number of ketones is 1. The fraction of sp³-hybridized carbons (Fsp3) is 0.457. The Morgan fingerprint density at radius 2 is 1.90 bits per heavy atom. The summed E-state index contributed by atoms with van der Waals surface area (Å²) < 4.78 is 57.5. The van der Waals surface area contributed by atoms with Crippen LogP contribution in [0.5, 0.6) is 0 Å². The monoisotopic (exact) mass is 685 g/mol. The smallest absolute Gasteiger partial charge is 0.240 e. The van der Waals surface area contributed by atoms with Crippen molar-refractivity contribution < 1.29 is 32.8 Å². The first kappa shape index (κ1) is 35.8. The summed E-state index contributed by atoms with van der Waals surface area (Å²) in [5.74, 6) is 5.83. The summed E-state index contributed by atoms with van der Waals surface area (Å²) in [5, 5.41) is 13.0. The third-order valence-corrected chi connectivity index (χ3v) is 10.9. The van der Waals surface area contributed by atoms with Gasteiger partial charge in [-0.15, -0.1) is 0 Å². The molecule has 0 spiro atoms. The Bertz CT molecular complexity index is 1810. The van der Waals surface area contributed by atoms with Gasteiger partial charge in [0.05, 0.1) is 28.0 Å². The molecule has 2 heterocycles. The zero-order valence-corrected chi connectivity index (χ0v) is 28.7. The van der Waals surface area contributed by atoms with Gasteiger partial charge in [0.15, 0.2) is 11.5 Å². The van der Waals surface area contributed by atoms with E-state index >= 15 is 0 Å². The Morgan fingerprint density at radius 1 is 1.21 bits per heavy atom. The molecule has 2 atom stereocenters. The van der Waals surface area contributed by atoms with Gasteiger partial charge < -0.3 is 25.7 Å². The van der Waals surface area contributed by atoms with Crippen molar-refractivity contribution in [2.75, 3.05) is 32.7 Å². The predicted molar refractivity (Wildman–Crippen MR) is 182 cm³/mol. The van der Waals surface area contributed by atoms with Crippen molar-refractivity contribution in [2.45, 2.75) is 63.4 Å². The number of hydrazine groups is 1. The second kappa shape index (κ2) is 14.6. The highest BCUT2D eigenvalue weighted by Gasteiger charge is 2.37. The highest BCUT2D eigenvalue weighted by atomic mass is 32.2. The van der Waals surface area contributed by atoms with Gasteiger partial charge in [0.2, 0.25) is 10.0 Å². The fourth-order valence-corrected chi connectivity index (χ4v) is 8.16. The van der Waals surface area contributed by atoms with Gasteiger partial charge in [0.25, 0.3) is 0 Å². The predicted octanol–water partition coefficient (Wildman–Crippen LogP) is 4.17. The lowest BCUT2D eigenvalue weighted by Crippen LogP contribution is -2.48. The second-order valence-corrected chi connectivity index (χ2v) is 15.2. The fourth-order valence-electron chi connectivity index (χ4n) is 7.13. The molecule has 1 aliphatic carbocycles. The maximum absolute atomic E-state index is 14.8. The SMILES string of the molecule is CCC(=O)c1[nH]c2ccc(F)cc2c1C([NH3+])=CN(N)CC1CCN(CCNS(=O)(=O)c2ccc(C3=C(F)CC(C)CC3(C)O)cc2)CC1. The van der Waals surface area contributed by atoms with Crippen LogP contribution in [0.15, 0.2) is 59.4 Å². The quantitative estimate of drug-likeness (QED) is 0.109. The van der Waals surface area contributed by atoms with Gasteiger partial charge >= 0.3 is 0 Å².